The molecule has 2 heterocycles. The summed E-state index contributed by atoms with van der Waals surface area (Å²) in [4.78, 5) is 8.48. The molecule has 4 nitrogen and oxygen atoms in total. The van der Waals surface area contributed by atoms with Crippen LogP contribution in [-0.2, 0) is 12.0 Å². The molecule has 1 unspecified atom stereocenters. The molecule has 0 fully saturated rings. The molecule has 0 saturated heterocycles. The third-order valence-corrected chi connectivity index (χ3v) is 3.54. The zero-order valence-corrected chi connectivity index (χ0v) is 11.4. The topological polar surface area (TPSA) is 54.5 Å². The summed E-state index contributed by atoms with van der Waals surface area (Å²) in [7, 11) is 0. The Morgan fingerprint density at radius 2 is 1.86 bits per heavy atom. The first-order chi connectivity index (χ1) is 10.3. The van der Waals surface area contributed by atoms with Gasteiger partial charge < -0.3 is 4.57 Å². The molecule has 3 aromatic rings. The van der Waals surface area contributed by atoms with E-state index in [1.54, 1.807) is 18.7 Å². The largest absolute Gasteiger partial charge is 0.335 e. The SMILES string of the molecule is N#CC(Cn1ccnc1)(c1ccccc1)c1ccccn1. The van der Waals surface area contributed by atoms with E-state index in [1.165, 1.54) is 0 Å². The highest BCUT2D eigenvalue weighted by Crippen LogP contribution is 2.32. The number of nitrogens with zero attached hydrogens (tertiary/aromatic N) is 4. The van der Waals surface area contributed by atoms with Crippen LogP contribution in [0.15, 0.2) is 73.4 Å². The lowest BCUT2D eigenvalue weighted by molar-refractivity contribution is 0.516. The average Bonchev–Trinajstić information content (AvgIpc) is 3.07. The van der Waals surface area contributed by atoms with Gasteiger partial charge in [-0.1, -0.05) is 36.4 Å². The lowest BCUT2D eigenvalue weighted by Crippen LogP contribution is -2.32. The van der Waals surface area contributed by atoms with Crippen molar-refractivity contribution < 1.29 is 0 Å². The fourth-order valence-corrected chi connectivity index (χ4v) is 2.47. The number of pyridine rings is 1. The Bertz CT molecular complexity index is 688. The van der Waals surface area contributed by atoms with E-state index in [4.69, 9.17) is 0 Å². The zero-order valence-electron chi connectivity index (χ0n) is 11.4. The number of imidazole rings is 1. The third-order valence-electron chi connectivity index (χ3n) is 3.54. The van der Waals surface area contributed by atoms with E-state index in [2.05, 4.69) is 16.0 Å². The van der Waals surface area contributed by atoms with Crippen molar-refractivity contribution in [3.63, 3.8) is 0 Å². The molecule has 0 saturated carbocycles. The van der Waals surface area contributed by atoms with Crippen LogP contribution < -0.4 is 0 Å². The van der Waals surface area contributed by atoms with Crippen molar-refractivity contribution in [3.8, 4) is 6.07 Å². The zero-order chi connectivity index (χ0) is 14.5. The Balaban J connectivity index is 2.16. The van der Waals surface area contributed by atoms with Gasteiger partial charge >= 0.3 is 0 Å². The number of nitriles is 1. The molecule has 0 aliphatic rings. The van der Waals surface area contributed by atoms with Crippen LogP contribution in [0.4, 0.5) is 0 Å². The van der Waals surface area contributed by atoms with E-state index < -0.39 is 5.41 Å². The van der Waals surface area contributed by atoms with Crippen molar-refractivity contribution in [1.82, 2.24) is 14.5 Å². The average molecular weight is 274 g/mol. The molecule has 0 aliphatic carbocycles. The fourth-order valence-electron chi connectivity index (χ4n) is 2.47. The van der Waals surface area contributed by atoms with Gasteiger partial charge in [-0.3, -0.25) is 4.98 Å². The first-order valence-electron chi connectivity index (χ1n) is 6.69. The number of aromatic nitrogens is 3. The molecule has 21 heavy (non-hydrogen) atoms. The van der Waals surface area contributed by atoms with E-state index >= 15 is 0 Å². The van der Waals surface area contributed by atoms with Crippen molar-refractivity contribution in [1.29, 1.82) is 5.26 Å². The van der Waals surface area contributed by atoms with Gasteiger partial charge in [0.25, 0.3) is 0 Å². The molecular weight excluding hydrogens is 260 g/mol. The number of hydrogen-bond acceptors (Lipinski definition) is 3. The lowest BCUT2D eigenvalue weighted by atomic mass is 9.78. The molecule has 2 aromatic heterocycles. The van der Waals surface area contributed by atoms with Crippen molar-refractivity contribution in [2.45, 2.75) is 12.0 Å². The summed E-state index contributed by atoms with van der Waals surface area (Å²) in [5.41, 5.74) is 0.843. The van der Waals surface area contributed by atoms with Crippen LogP contribution >= 0.6 is 0 Å². The van der Waals surface area contributed by atoms with Crippen LogP contribution in [0.2, 0.25) is 0 Å². The first-order valence-corrected chi connectivity index (χ1v) is 6.69. The van der Waals surface area contributed by atoms with Crippen LogP contribution in [0.3, 0.4) is 0 Å². The Hall–Kier alpha value is -2.93. The maximum Gasteiger partial charge on any atom is 0.142 e. The highest BCUT2D eigenvalue weighted by atomic mass is 15.0. The lowest BCUT2D eigenvalue weighted by Gasteiger charge is -2.27. The Labute approximate surface area is 123 Å². The van der Waals surface area contributed by atoms with Gasteiger partial charge in [-0.05, 0) is 17.7 Å². The highest BCUT2D eigenvalue weighted by Gasteiger charge is 2.36. The normalized spacial score (nSPS) is 13.3. The molecule has 0 N–H and O–H groups in total. The molecule has 102 valence electrons. The predicted molar refractivity (Wildman–Crippen MR) is 79.3 cm³/mol. The standard InChI is InChI=1S/C17H14N4/c18-12-17(13-21-11-10-19-14-21,15-6-2-1-3-7-15)16-8-4-5-9-20-16/h1-11,14H,13H2. The summed E-state index contributed by atoms with van der Waals surface area (Å²) in [5, 5.41) is 9.96. The minimum atomic E-state index is -0.830. The molecule has 0 spiro atoms. The molecule has 0 bridgehead atoms. The molecule has 1 aromatic carbocycles. The smallest absolute Gasteiger partial charge is 0.142 e. The summed E-state index contributed by atoms with van der Waals surface area (Å²) in [6.07, 6.45) is 7.01. The second-order valence-electron chi connectivity index (χ2n) is 4.83. The van der Waals surface area contributed by atoms with E-state index in [1.807, 2.05) is 59.3 Å². The highest BCUT2D eigenvalue weighted by molar-refractivity contribution is 5.42. The van der Waals surface area contributed by atoms with Gasteiger partial charge in [-0.2, -0.15) is 5.26 Å². The first kappa shape index (κ1) is 13.1. The van der Waals surface area contributed by atoms with Crippen LogP contribution in [0.25, 0.3) is 0 Å². The Morgan fingerprint density at radius 1 is 1.05 bits per heavy atom. The molecule has 4 heteroatoms. The summed E-state index contributed by atoms with van der Waals surface area (Å²) in [6, 6.07) is 17.9. The van der Waals surface area contributed by atoms with E-state index in [0.717, 1.165) is 11.3 Å². The summed E-state index contributed by atoms with van der Waals surface area (Å²) in [6.45, 7) is 0.477. The van der Waals surface area contributed by atoms with Crippen LogP contribution in [0, 0.1) is 11.3 Å². The molecular formula is C17H14N4. The number of hydrogen-bond donors (Lipinski definition) is 0. The van der Waals surface area contributed by atoms with Gasteiger partial charge in [-0.15, -0.1) is 0 Å². The summed E-state index contributed by atoms with van der Waals surface area (Å²) in [5.74, 6) is 0. The van der Waals surface area contributed by atoms with Crippen molar-refractivity contribution in [3.05, 3.63) is 84.7 Å². The van der Waals surface area contributed by atoms with Gasteiger partial charge in [0.2, 0.25) is 0 Å². The van der Waals surface area contributed by atoms with Crippen LogP contribution in [-0.4, -0.2) is 14.5 Å². The second kappa shape index (κ2) is 5.59. The molecule has 0 aliphatic heterocycles. The monoisotopic (exact) mass is 274 g/mol. The Morgan fingerprint density at radius 3 is 2.48 bits per heavy atom. The second-order valence-corrected chi connectivity index (χ2v) is 4.83. The fraction of sp³-hybridized carbons (Fsp3) is 0.118. The van der Waals surface area contributed by atoms with Gasteiger partial charge in [0.1, 0.15) is 5.41 Å². The molecule has 0 radical (unpaired) electrons. The van der Waals surface area contributed by atoms with Gasteiger partial charge in [-0.25, -0.2) is 4.98 Å². The van der Waals surface area contributed by atoms with Crippen molar-refractivity contribution in [2.24, 2.45) is 0 Å². The maximum atomic E-state index is 9.96. The molecule has 3 rings (SSSR count). The quantitative estimate of drug-likeness (QED) is 0.735. The molecule has 0 amide bonds. The van der Waals surface area contributed by atoms with E-state index in [0.29, 0.717) is 6.54 Å². The third kappa shape index (κ3) is 2.41. The van der Waals surface area contributed by atoms with E-state index in [9.17, 15) is 5.26 Å². The minimum Gasteiger partial charge on any atom is -0.335 e. The van der Waals surface area contributed by atoms with Crippen LogP contribution in [0.5, 0.6) is 0 Å². The van der Waals surface area contributed by atoms with Crippen molar-refractivity contribution in [2.75, 3.05) is 0 Å². The number of benzene rings is 1. The van der Waals surface area contributed by atoms with Gasteiger partial charge in [0.05, 0.1) is 24.6 Å². The van der Waals surface area contributed by atoms with Gasteiger partial charge in [0.15, 0.2) is 0 Å². The number of rotatable bonds is 4. The molecule has 1 atom stereocenters. The van der Waals surface area contributed by atoms with E-state index in [-0.39, 0.29) is 0 Å². The van der Waals surface area contributed by atoms with Gasteiger partial charge in [0, 0.05) is 18.6 Å². The summed E-state index contributed by atoms with van der Waals surface area (Å²) < 4.78 is 1.91. The van der Waals surface area contributed by atoms with Crippen LogP contribution in [0.1, 0.15) is 11.3 Å². The Kier molecular flexibility index (Phi) is 3.48. The maximum absolute atomic E-state index is 9.96. The minimum absolute atomic E-state index is 0.477. The summed E-state index contributed by atoms with van der Waals surface area (Å²) >= 11 is 0. The predicted octanol–water partition coefficient (Wildman–Crippen LogP) is 2.79. The van der Waals surface area contributed by atoms with Crippen molar-refractivity contribution >= 4 is 0 Å².